The first kappa shape index (κ1) is 29.9. The van der Waals surface area contributed by atoms with Gasteiger partial charge >= 0.3 is 0 Å². The average molecular weight is 546 g/mol. The maximum absolute atomic E-state index is 13.8. The van der Waals surface area contributed by atoms with Crippen molar-refractivity contribution in [2.24, 2.45) is 5.73 Å². The first-order valence-corrected chi connectivity index (χ1v) is 12.6. The number of aliphatic hydroxyl groups excluding tert-OH is 1. The van der Waals surface area contributed by atoms with Crippen molar-refractivity contribution >= 4 is 23.6 Å². The summed E-state index contributed by atoms with van der Waals surface area (Å²) in [4.78, 5) is 51.6. The molecule has 0 heterocycles. The summed E-state index contributed by atoms with van der Waals surface area (Å²) in [6, 6.07) is 24.1. The van der Waals surface area contributed by atoms with E-state index >= 15 is 0 Å². The molecule has 0 fully saturated rings. The van der Waals surface area contributed by atoms with Crippen molar-refractivity contribution < 1.29 is 29.0 Å². The summed E-state index contributed by atoms with van der Waals surface area (Å²) in [5.74, 6) is -2.37. The van der Waals surface area contributed by atoms with Gasteiger partial charge in [-0.3, -0.25) is 19.2 Å². The van der Waals surface area contributed by atoms with Crippen LogP contribution in [0.3, 0.4) is 0 Å². The van der Waals surface area contributed by atoms with Gasteiger partial charge in [0.2, 0.25) is 17.7 Å². The molecule has 3 aromatic carbocycles. The van der Waals surface area contributed by atoms with Crippen LogP contribution in [0.4, 0.5) is 0 Å². The van der Waals surface area contributed by atoms with Gasteiger partial charge in [0.25, 0.3) is 5.91 Å². The number of carbonyl (C=O) groups excluding carboxylic acids is 4. The van der Waals surface area contributed by atoms with Gasteiger partial charge in [-0.25, -0.2) is 0 Å². The summed E-state index contributed by atoms with van der Waals surface area (Å²) in [5.41, 5.74) is 7.44. The Bertz CT molecular complexity index is 1270. The maximum Gasteiger partial charge on any atom is 0.250 e. The number of primary amides is 1. The Morgan fingerprint density at radius 1 is 0.900 bits per heavy atom. The number of rotatable bonds is 14. The fraction of sp³-hybridized carbons (Fsp3) is 0.233. The van der Waals surface area contributed by atoms with E-state index in [9.17, 15) is 24.3 Å². The first-order valence-electron chi connectivity index (χ1n) is 12.6. The number of hydrogen-bond donors (Lipinski definition) is 4. The van der Waals surface area contributed by atoms with Gasteiger partial charge in [-0.05, 0) is 28.8 Å². The topological polar surface area (TPSA) is 151 Å². The van der Waals surface area contributed by atoms with Crippen molar-refractivity contribution in [1.82, 2.24) is 15.5 Å². The zero-order chi connectivity index (χ0) is 28.9. The highest BCUT2D eigenvalue weighted by molar-refractivity contribution is 6.08. The molecule has 3 rings (SSSR count). The summed E-state index contributed by atoms with van der Waals surface area (Å²) in [7, 11) is 1.53. The lowest BCUT2D eigenvalue weighted by atomic mass is 10.0. The number of ether oxygens (including phenoxy) is 1. The normalized spacial score (nSPS) is 12.1. The van der Waals surface area contributed by atoms with Crippen molar-refractivity contribution in [1.29, 1.82) is 0 Å². The van der Waals surface area contributed by atoms with Crippen LogP contribution in [0.5, 0.6) is 5.75 Å². The molecule has 0 saturated carbocycles. The number of benzene rings is 3. The summed E-state index contributed by atoms with van der Waals surface area (Å²) < 4.78 is 5.18. The molecule has 0 unspecified atom stereocenters. The highest BCUT2D eigenvalue weighted by Gasteiger charge is 2.30. The van der Waals surface area contributed by atoms with E-state index in [0.29, 0.717) is 17.7 Å². The fourth-order valence-electron chi connectivity index (χ4n) is 3.99. The first-order chi connectivity index (χ1) is 19.2. The van der Waals surface area contributed by atoms with Crippen molar-refractivity contribution in [3.63, 3.8) is 0 Å². The van der Waals surface area contributed by atoms with Gasteiger partial charge < -0.3 is 31.1 Å². The predicted molar refractivity (Wildman–Crippen MR) is 148 cm³/mol. The lowest BCUT2D eigenvalue weighted by molar-refractivity contribution is -0.140. The molecule has 0 aliphatic carbocycles. The number of nitrogens with two attached hydrogens (primary N) is 1. The van der Waals surface area contributed by atoms with E-state index in [1.165, 1.54) is 12.0 Å². The number of methoxy groups -OCH3 is 1. The molecule has 4 amide bonds. The predicted octanol–water partition coefficient (Wildman–Crippen LogP) is 1.12. The Kier molecular flexibility index (Phi) is 11.2. The minimum atomic E-state index is -1.54. The Morgan fingerprint density at radius 3 is 2.08 bits per heavy atom. The molecule has 2 atom stereocenters. The van der Waals surface area contributed by atoms with Crippen LogP contribution in [0.15, 0.2) is 84.9 Å². The van der Waals surface area contributed by atoms with Crippen LogP contribution in [-0.2, 0) is 38.7 Å². The number of hydrogen-bond acceptors (Lipinski definition) is 6. The van der Waals surface area contributed by atoms with Crippen molar-refractivity contribution in [3.05, 3.63) is 108 Å². The van der Waals surface area contributed by atoms with Crippen molar-refractivity contribution in [2.45, 2.75) is 31.7 Å². The maximum atomic E-state index is 13.8. The summed E-state index contributed by atoms with van der Waals surface area (Å²) >= 11 is 0. The minimum absolute atomic E-state index is 0.0667. The largest absolute Gasteiger partial charge is 0.497 e. The Labute approximate surface area is 233 Å². The number of carbonyl (C=O) groups is 4. The standard InChI is InChI=1S/C30H33N4O6/c1-40-24-14-12-21(13-15-24)16-25(33-28(37)17-27(31)36)30(39)34(19-23-10-6-3-7-11-23)20-26(35)29(38)32-18-22-8-4-2-5-9-22/h2-15,17,25-26,35H,16,18-20H2,1H3,(H2,31,36)(H,32,38)(H,33,37)/t25-,26-/m0/s1. The highest BCUT2D eigenvalue weighted by atomic mass is 16.5. The van der Waals surface area contributed by atoms with E-state index in [2.05, 4.69) is 10.6 Å². The molecule has 40 heavy (non-hydrogen) atoms. The fourth-order valence-corrected chi connectivity index (χ4v) is 3.99. The third-order valence-electron chi connectivity index (χ3n) is 6.02. The van der Waals surface area contributed by atoms with Crippen LogP contribution < -0.4 is 21.1 Å². The third-order valence-corrected chi connectivity index (χ3v) is 6.02. The molecule has 0 aliphatic heterocycles. The Hall–Kier alpha value is -4.70. The van der Waals surface area contributed by atoms with Crippen LogP contribution in [-0.4, -0.2) is 59.4 Å². The Morgan fingerprint density at radius 2 is 1.50 bits per heavy atom. The van der Waals surface area contributed by atoms with E-state index in [-0.39, 0.29) is 26.1 Å². The summed E-state index contributed by atoms with van der Waals surface area (Å²) in [6.45, 7) is -0.0530. The SMILES string of the molecule is COc1ccc(C[C@H](NC(=O)[CH]C(N)=O)C(=O)N(Cc2ccccc2)C[C@H](O)C(=O)NCc2ccccc2)cc1. The quantitative estimate of drug-likeness (QED) is 0.223. The van der Waals surface area contributed by atoms with Gasteiger partial charge in [-0.15, -0.1) is 0 Å². The van der Waals surface area contributed by atoms with Crippen LogP contribution in [0.1, 0.15) is 16.7 Å². The lowest BCUT2D eigenvalue weighted by Crippen LogP contribution is -2.53. The summed E-state index contributed by atoms with van der Waals surface area (Å²) in [5, 5.41) is 16.0. The second kappa shape index (κ2) is 15.0. The van der Waals surface area contributed by atoms with E-state index in [4.69, 9.17) is 10.5 Å². The summed E-state index contributed by atoms with van der Waals surface area (Å²) in [6.07, 6.45) is -0.810. The minimum Gasteiger partial charge on any atom is -0.497 e. The smallest absolute Gasteiger partial charge is 0.250 e. The van der Waals surface area contributed by atoms with Gasteiger partial charge in [0.15, 0.2) is 0 Å². The van der Waals surface area contributed by atoms with Crippen LogP contribution in [0, 0.1) is 6.42 Å². The number of amides is 4. The number of nitrogens with zero attached hydrogens (tertiary/aromatic N) is 1. The van der Waals surface area contributed by atoms with Crippen molar-refractivity contribution in [3.8, 4) is 5.75 Å². The second-order valence-electron chi connectivity index (χ2n) is 9.08. The molecule has 1 radical (unpaired) electrons. The molecular formula is C30H33N4O6. The number of nitrogens with one attached hydrogen (secondary N) is 2. The van der Waals surface area contributed by atoms with Gasteiger partial charge in [-0.1, -0.05) is 72.8 Å². The van der Waals surface area contributed by atoms with Gasteiger partial charge in [-0.2, -0.15) is 0 Å². The van der Waals surface area contributed by atoms with Crippen molar-refractivity contribution in [2.75, 3.05) is 13.7 Å². The zero-order valence-electron chi connectivity index (χ0n) is 22.2. The van der Waals surface area contributed by atoms with Crippen LogP contribution >= 0.6 is 0 Å². The van der Waals surface area contributed by atoms with E-state index in [0.717, 1.165) is 11.1 Å². The molecule has 0 bridgehead atoms. The Balaban J connectivity index is 1.81. The molecule has 0 spiro atoms. The van der Waals surface area contributed by atoms with E-state index < -0.39 is 35.8 Å². The number of aliphatic hydroxyl groups is 1. The lowest BCUT2D eigenvalue weighted by Gasteiger charge is -2.29. The average Bonchev–Trinajstić information content (AvgIpc) is 2.95. The molecule has 5 N–H and O–H groups in total. The molecule has 209 valence electrons. The molecular weight excluding hydrogens is 512 g/mol. The van der Waals surface area contributed by atoms with E-state index in [1.54, 1.807) is 48.5 Å². The molecule has 10 nitrogen and oxygen atoms in total. The molecule has 0 aromatic heterocycles. The van der Waals surface area contributed by atoms with Crippen LogP contribution in [0.2, 0.25) is 0 Å². The molecule has 0 aliphatic rings. The van der Waals surface area contributed by atoms with E-state index in [1.807, 2.05) is 36.4 Å². The highest BCUT2D eigenvalue weighted by Crippen LogP contribution is 2.15. The zero-order valence-corrected chi connectivity index (χ0v) is 22.2. The van der Waals surface area contributed by atoms with Gasteiger partial charge in [0.1, 0.15) is 24.3 Å². The van der Waals surface area contributed by atoms with Gasteiger partial charge in [0.05, 0.1) is 13.7 Å². The monoisotopic (exact) mass is 545 g/mol. The molecule has 3 aromatic rings. The van der Waals surface area contributed by atoms with Gasteiger partial charge in [0, 0.05) is 19.5 Å². The molecule has 0 saturated heterocycles. The molecule has 10 heteroatoms. The third kappa shape index (κ3) is 9.55. The van der Waals surface area contributed by atoms with Crippen LogP contribution in [0.25, 0.3) is 0 Å². The second-order valence-corrected chi connectivity index (χ2v) is 9.08.